The summed E-state index contributed by atoms with van der Waals surface area (Å²) in [4.78, 5) is 13.2. The molecule has 1 amide bonds. The summed E-state index contributed by atoms with van der Waals surface area (Å²) in [6.07, 6.45) is 64.8. The smallest absolute Gasteiger partial charge is 0.249 e. The highest BCUT2D eigenvalue weighted by atomic mass is 16.7. The van der Waals surface area contributed by atoms with Crippen molar-refractivity contribution in [2.45, 2.75) is 377 Å². The average molecular weight is 1150 g/mol. The molecular formula is C70H131NO10. The van der Waals surface area contributed by atoms with E-state index in [0.717, 1.165) is 44.9 Å². The van der Waals surface area contributed by atoms with Crippen molar-refractivity contribution >= 4 is 5.91 Å². The lowest BCUT2D eigenvalue weighted by molar-refractivity contribution is -0.303. The highest BCUT2D eigenvalue weighted by molar-refractivity contribution is 5.80. The quantitative estimate of drug-likeness (QED) is 0.0215. The van der Waals surface area contributed by atoms with Gasteiger partial charge in [0.15, 0.2) is 6.29 Å². The van der Waals surface area contributed by atoms with Gasteiger partial charge in [-0.1, -0.05) is 281 Å². The van der Waals surface area contributed by atoms with Gasteiger partial charge in [0.25, 0.3) is 0 Å². The van der Waals surface area contributed by atoms with Crippen LogP contribution in [0.1, 0.15) is 322 Å². The minimum absolute atomic E-state index is 0.241. The van der Waals surface area contributed by atoms with E-state index >= 15 is 0 Å². The summed E-state index contributed by atoms with van der Waals surface area (Å²) in [5, 5.41) is 76.4. The minimum atomic E-state index is -1.67. The number of ether oxygens (including phenoxy) is 2. The molecule has 0 spiro atoms. The number of aliphatic hydroxyl groups excluding tert-OH is 7. The number of amides is 1. The topological polar surface area (TPSA) is 189 Å². The lowest BCUT2D eigenvalue weighted by Gasteiger charge is -2.40. The minimum Gasteiger partial charge on any atom is -0.394 e. The van der Waals surface area contributed by atoms with Gasteiger partial charge < -0.3 is 50.5 Å². The van der Waals surface area contributed by atoms with Crippen molar-refractivity contribution in [2.24, 2.45) is 0 Å². The molecule has 0 aromatic heterocycles. The standard InChI is InChI=1S/C70H131NO10/c1-3-5-7-9-11-13-15-17-19-21-23-25-27-29-30-31-32-33-34-36-38-40-42-44-46-48-50-52-54-56-58-63(74)69(79)71-61(60-80-70-68(78)67(77)66(76)64(59-72)81-70)65(75)62(73)57-55-53-51-49-47-45-43-41-39-37-35-28-26-24-22-20-18-16-14-12-10-8-6-4-2/h28-30,35,41,43,49,51,61-68,70,72-78H,3-27,31-34,36-40,42,44-48,50,52-60H2,1-2H3,(H,71,79)/b30-29-,35-28+,43-41+,51-49+. The first kappa shape index (κ1) is 77.1. The van der Waals surface area contributed by atoms with Gasteiger partial charge in [-0.25, -0.2) is 0 Å². The molecule has 1 fully saturated rings. The molecule has 11 nitrogen and oxygen atoms in total. The maximum Gasteiger partial charge on any atom is 0.249 e. The number of aliphatic hydroxyl groups is 7. The molecule has 0 aromatic rings. The van der Waals surface area contributed by atoms with Crippen LogP contribution in [0.4, 0.5) is 0 Å². The van der Waals surface area contributed by atoms with E-state index < -0.39 is 74.2 Å². The summed E-state index contributed by atoms with van der Waals surface area (Å²) < 4.78 is 11.2. The van der Waals surface area contributed by atoms with E-state index in [1.165, 1.54) is 231 Å². The van der Waals surface area contributed by atoms with Crippen LogP contribution in [0.5, 0.6) is 0 Å². The third-order valence-corrected chi connectivity index (χ3v) is 16.6. The predicted octanol–water partition coefficient (Wildman–Crippen LogP) is 16.4. The maximum absolute atomic E-state index is 13.2. The second kappa shape index (κ2) is 58.5. The van der Waals surface area contributed by atoms with Crippen molar-refractivity contribution in [3.8, 4) is 0 Å². The molecule has 0 aromatic carbocycles. The Labute approximate surface area is 498 Å². The first-order chi connectivity index (χ1) is 39.7. The zero-order chi connectivity index (χ0) is 58.9. The molecule has 1 saturated heterocycles. The summed E-state index contributed by atoms with van der Waals surface area (Å²) in [7, 11) is 0. The molecule has 81 heavy (non-hydrogen) atoms. The maximum atomic E-state index is 13.2. The van der Waals surface area contributed by atoms with Crippen LogP contribution in [0, 0.1) is 0 Å². The zero-order valence-electron chi connectivity index (χ0n) is 52.5. The second-order valence-corrected chi connectivity index (χ2v) is 24.2. The molecule has 1 aliphatic rings. The SMILES string of the molecule is CCCCCCCCCCCCC/C=C/CC/C=C/CC/C=C/CCCC(O)C(O)C(COC1OC(CO)C(O)C(O)C1O)NC(=O)C(O)CCCCCCCCCCCCCCCC/C=C\CCCCCCCCCCCCCC. The van der Waals surface area contributed by atoms with Crippen LogP contribution in [0.25, 0.3) is 0 Å². The Morgan fingerprint density at radius 2 is 0.741 bits per heavy atom. The van der Waals surface area contributed by atoms with Gasteiger partial charge in [0, 0.05) is 0 Å². The second-order valence-electron chi connectivity index (χ2n) is 24.2. The Balaban J connectivity index is 2.24. The van der Waals surface area contributed by atoms with Crippen molar-refractivity contribution in [1.82, 2.24) is 5.32 Å². The molecule has 476 valence electrons. The van der Waals surface area contributed by atoms with Crippen LogP contribution in [0.3, 0.4) is 0 Å². The predicted molar refractivity (Wildman–Crippen MR) is 339 cm³/mol. The Bertz CT molecular complexity index is 1460. The van der Waals surface area contributed by atoms with E-state index in [2.05, 4.69) is 67.8 Å². The Hall–Kier alpha value is -1.93. The Kier molecular flexibility index (Phi) is 55.6. The number of nitrogens with one attached hydrogen (secondary N) is 1. The highest BCUT2D eigenvalue weighted by Gasteiger charge is 2.44. The van der Waals surface area contributed by atoms with Gasteiger partial charge >= 0.3 is 0 Å². The first-order valence-corrected chi connectivity index (χ1v) is 34.5. The third-order valence-electron chi connectivity index (χ3n) is 16.6. The molecule has 1 heterocycles. The van der Waals surface area contributed by atoms with Crippen LogP contribution in [-0.2, 0) is 14.3 Å². The molecule has 1 rings (SSSR count). The number of hydrogen-bond acceptors (Lipinski definition) is 10. The van der Waals surface area contributed by atoms with E-state index in [1.807, 2.05) is 0 Å². The van der Waals surface area contributed by atoms with Crippen molar-refractivity contribution in [3.63, 3.8) is 0 Å². The molecule has 0 bridgehead atoms. The molecule has 0 radical (unpaired) electrons. The van der Waals surface area contributed by atoms with Crippen molar-refractivity contribution in [3.05, 3.63) is 48.6 Å². The largest absolute Gasteiger partial charge is 0.394 e. The van der Waals surface area contributed by atoms with Gasteiger partial charge in [-0.15, -0.1) is 0 Å². The van der Waals surface area contributed by atoms with Crippen molar-refractivity contribution < 1.29 is 50.0 Å². The Morgan fingerprint density at radius 1 is 0.420 bits per heavy atom. The molecule has 0 saturated carbocycles. The van der Waals surface area contributed by atoms with Gasteiger partial charge in [-0.2, -0.15) is 0 Å². The van der Waals surface area contributed by atoms with Gasteiger partial charge in [0.05, 0.1) is 25.4 Å². The number of carbonyl (C=O) groups excluding carboxylic acids is 1. The van der Waals surface area contributed by atoms with Crippen molar-refractivity contribution in [1.29, 1.82) is 0 Å². The molecular weight excluding hydrogens is 1010 g/mol. The highest BCUT2D eigenvalue weighted by Crippen LogP contribution is 2.24. The Morgan fingerprint density at radius 3 is 1.10 bits per heavy atom. The van der Waals surface area contributed by atoms with Crippen LogP contribution in [-0.4, -0.2) is 110 Å². The first-order valence-electron chi connectivity index (χ1n) is 34.5. The third kappa shape index (κ3) is 46.0. The fraction of sp³-hybridized carbons (Fsp3) is 0.871. The van der Waals surface area contributed by atoms with Crippen LogP contribution >= 0.6 is 0 Å². The van der Waals surface area contributed by atoms with Crippen LogP contribution in [0.2, 0.25) is 0 Å². The van der Waals surface area contributed by atoms with Crippen molar-refractivity contribution in [2.75, 3.05) is 13.2 Å². The zero-order valence-corrected chi connectivity index (χ0v) is 52.5. The fourth-order valence-corrected chi connectivity index (χ4v) is 11.0. The van der Waals surface area contributed by atoms with E-state index in [-0.39, 0.29) is 12.8 Å². The average Bonchev–Trinajstić information content (AvgIpc) is 3.51. The molecule has 11 heteroatoms. The van der Waals surface area contributed by atoms with E-state index in [9.17, 15) is 40.5 Å². The summed E-state index contributed by atoms with van der Waals surface area (Å²) in [6.45, 7) is 3.48. The van der Waals surface area contributed by atoms with E-state index in [4.69, 9.17) is 9.47 Å². The number of allylic oxidation sites excluding steroid dienone is 8. The number of carbonyl (C=O) groups is 1. The number of unbranched alkanes of at least 4 members (excludes halogenated alkanes) is 40. The molecule has 9 unspecified atom stereocenters. The fourth-order valence-electron chi connectivity index (χ4n) is 11.0. The lowest BCUT2D eigenvalue weighted by Crippen LogP contribution is -2.60. The van der Waals surface area contributed by atoms with E-state index in [1.54, 1.807) is 0 Å². The summed E-state index contributed by atoms with van der Waals surface area (Å²) in [6, 6.07) is -1.20. The summed E-state index contributed by atoms with van der Waals surface area (Å²) >= 11 is 0. The summed E-state index contributed by atoms with van der Waals surface area (Å²) in [5.74, 6) is -0.709. The van der Waals surface area contributed by atoms with E-state index in [0.29, 0.717) is 19.3 Å². The number of rotatable bonds is 60. The summed E-state index contributed by atoms with van der Waals surface area (Å²) in [5.41, 5.74) is 0. The van der Waals surface area contributed by atoms with Gasteiger partial charge in [0.2, 0.25) is 5.91 Å². The van der Waals surface area contributed by atoms with Crippen LogP contribution in [0.15, 0.2) is 48.6 Å². The van der Waals surface area contributed by atoms with Gasteiger partial charge in [0.1, 0.15) is 36.6 Å². The lowest BCUT2D eigenvalue weighted by atomic mass is 9.98. The monoisotopic (exact) mass is 1150 g/mol. The van der Waals surface area contributed by atoms with Gasteiger partial charge in [-0.3, -0.25) is 4.79 Å². The molecule has 0 aliphatic carbocycles. The molecule has 9 atom stereocenters. The normalized spacial score (nSPS) is 19.4. The molecule has 1 aliphatic heterocycles. The molecule has 8 N–H and O–H groups in total. The number of hydrogen-bond donors (Lipinski definition) is 8. The van der Waals surface area contributed by atoms with Crippen LogP contribution < -0.4 is 5.32 Å². The van der Waals surface area contributed by atoms with Gasteiger partial charge in [-0.05, 0) is 89.9 Å².